The van der Waals surface area contributed by atoms with Crippen molar-refractivity contribution in [3.05, 3.63) is 41.6 Å². The standard InChI is InChI=1S/C13H13NO3/c1-9(15)14-7-6-10-4-2-3-5-11(10)12(14)8-13(16)17/h2-7,12H,8H2,1H3,(H,16,17)/t12-/m1/s1. The largest absolute Gasteiger partial charge is 0.481 e. The van der Waals surface area contributed by atoms with Gasteiger partial charge in [0.1, 0.15) is 0 Å². The third-order valence-corrected chi connectivity index (χ3v) is 2.84. The van der Waals surface area contributed by atoms with Crippen molar-refractivity contribution in [3.63, 3.8) is 0 Å². The molecule has 0 bridgehead atoms. The molecule has 1 N–H and O–H groups in total. The molecular weight excluding hydrogens is 218 g/mol. The summed E-state index contributed by atoms with van der Waals surface area (Å²) < 4.78 is 0. The number of hydrogen-bond donors (Lipinski definition) is 1. The maximum atomic E-state index is 11.5. The van der Waals surface area contributed by atoms with Crippen molar-refractivity contribution < 1.29 is 14.7 Å². The van der Waals surface area contributed by atoms with Crippen molar-refractivity contribution in [1.29, 1.82) is 0 Å². The number of carbonyl (C=O) groups is 2. The van der Waals surface area contributed by atoms with Crippen molar-refractivity contribution >= 4 is 18.0 Å². The fraction of sp³-hybridized carbons (Fsp3) is 0.231. The number of carbonyl (C=O) groups excluding carboxylic acids is 1. The minimum Gasteiger partial charge on any atom is -0.481 e. The van der Waals surface area contributed by atoms with E-state index in [0.29, 0.717) is 0 Å². The van der Waals surface area contributed by atoms with Crippen LogP contribution in [0.15, 0.2) is 30.5 Å². The third kappa shape index (κ3) is 2.20. The summed E-state index contributed by atoms with van der Waals surface area (Å²) in [6, 6.07) is 7.11. The first-order chi connectivity index (χ1) is 8.09. The van der Waals surface area contributed by atoms with Crippen LogP contribution in [0, 0.1) is 0 Å². The third-order valence-electron chi connectivity index (χ3n) is 2.84. The number of rotatable bonds is 2. The lowest BCUT2D eigenvalue weighted by Crippen LogP contribution is -2.32. The number of amides is 1. The van der Waals surface area contributed by atoms with Crippen LogP contribution in [0.3, 0.4) is 0 Å². The second kappa shape index (κ2) is 4.41. The van der Waals surface area contributed by atoms with Gasteiger partial charge in [-0.1, -0.05) is 24.3 Å². The van der Waals surface area contributed by atoms with Gasteiger partial charge in [-0.05, 0) is 17.2 Å². The van der Waals surface area contributed by atoms with E-state index in [1.165, 1.54) is 11.8 Å². The predicted molar refractivity (Wildman–Crippen MR) is 63.0 cm³/mol. The Bertz CT molecular complexity index is 493. The van der Waals surface area contributed by atoms with E-state index in [9.17, 15) is 9.59 Å². The van der Waals surface area contributed by atoms with E-state index in [-0.39, 0.29) is 12.3 Å². The molecule has 0 unspecified atom stereocenters. The molecule has 4 nitrogen and oxygen atoms in total. The van der Waals surface area contributed by atoms with Gasteiger partial charge in [-0.2, -0.15) is 0 Å². The molecule has 0 aliphatic carbocycles. The Balaban J connectivity index is 2.43. The van der Waals surface area contributed by atoms with Gasteiger partial charge >= 0.3 is 5.97 Å². The second-order valence-corrected chi connectivity index (χ2v) is 3.98. The molecule has 0 spiro atoms. The van der Waals surface area contributed by atoms with Gasteiger partial charge in [0.15, 0.2) is 0 Å². The quantitative estimate of drug-likeness (QED) is 0.847. The summed E-state index contributed by atoms with van der Waals surface area (Å²) in [5, 5.41) is 8.93. The van der Waals surface area contributed by atoms with Crippen LogP contribution >= 0.6 is 0 Å². The van der Waals surface area contributed by atoms with Crippen LogP contribution in [0.5, 0.6) is 0 Å². The first kappa shape index (κ1) is 11.4. The summed E-state index contributed by atoms with van der Waals surface area (Å²) in [4.78, 5) is 23.8. The lowest BCUT2D eigenvalue weighted by Gasteiger charge is -2.31. The molecule has 88 valence electrons. The van der Waals surface area contributed by atoms with E-state index < -0.39 is 12.0 Å². The van der Waals surface area contributed by atoms with Gasteiger partial charge in [-0.25, -0.2) is 0 Å². The average molecular weight is 231 g/mol. The van der Waals surface area contributed by atoms with Crippen LogP contribution in [0.1, 0.15) is 30.5 Å². The first-order valence-electron chi connectivity index (χ1n) is 5.37. The summed E-state index contributed by atoms with van der Waals surface area (Å²) in [6.07, 6.45) is 3.40. The monoisotopic (exact) mass is 231 g/mol. The fourth-order valence-corrected chi connectivity index (χ4v) is 2.08. The molecular formula is C13H13NO3. The Kier molecular flexibility index (Phi) is 2.95. The van der Waals surface area contributed by atoms with Crippen LogP contribution < -0.4 is 0 Å². The smallest absolute Gasteiger partial charge is 0.305 e. The van der Waals surface area contributed by atoms with Gasteiger partial charge in [-0.3, -0.25) is 9.59 Å². The number of aliphatic carboxylic acids is 1. The SMILES string of the molecule is CC(=O)N1C=Cc2ccccc2[C@H]1CC(=O)O. The summed E-state index contributed by atoms with van der Waals surface area (Å²) >= 11 is 0. The van der Waals surface area contributed by atoms with E-state index in [2.05, 4.69) is 0 Å². The molecule has 0 saturated carbocycles. The number of benzene rings is 1. The van der Waals surface area contributed by atoms with Crippen LogP contribution in [0.2, 0.25) is 0 Å². The molecule has 2 rings (SSSR count). The highest BCUT2D eigenvalue weighted by Crippen LogP contribution is 2.32. The zero-order valence-corrected chi connectivity index (χ0v) is 9.46. The minimum absolute atomic E-state index is 0.0824. The Hall–Kier alpha value is -2.10. The molecule has 1 aliphatic heterocycles. The minimum atomic E-state index is -0.911. The lowest BCUT2D eigenvalue weighted by molar-refractivity contribution is -0.139. The molecule has 1 aliphatic rings. The molecule has 1 aromatic rings. The number of carboxylic acids is 1. The van der Waals surface area contributed by atoms with Gasteiger partial charge in [-0.15, -0.1) is 0 Å². The van der Waals surface area contributed by atoms with Gasteiger partial charge in [0.2, 0.25) is 5.91 Å². The number of hydrogen-bond acceptors (Lipinski definition) is 2. The maximum Gasteiger partial charge on any atom is 0.305 e. The van der Waals surface area contributed by atoms with Crippen molar-refractivity contribution in [1.82, 2.24) is 4.90 Å². The number of fused-ring (bicyclic) bond motifs is 1. The van der Waals surface area contributed by atoms with Gasteiger partial charge in [0.05, 0.1) is 12.5 Å². The molecule has 1 aromatic carbocycles. The molecule has 1 amide bonds. The summed E-state index contributed by atoms with van der Waals surface area (Å²) in [5.74, 6) is -1.06. The Labute approximate surface area is 99.2 Å². The molecule has 1 atom stereocenters. The highest BCUT2D eigenvalue weighted by Gasteiger charge is 2.27. The van der Waals surface area contributed by atoms with Gasteiger partial charge < -0.3 is 10.0 Å². The van der Waals surface area contributed by atoms with E-state index in [1.807, 2.05) is 30.3 Å². The summed E-state index contributed by atoms with van der Waals surface area (Å²) in [6.45, 7) is 1.44. The Morgan fingerprint density at radius 1 is 1.35 bits per heavy atom. The highest BCUT2D eigenvalue weighted by molar-refractivity contribution is 5.79. The van der Waals surface area contributed by atoms with Crippen molar-refractivity contribution in [2.75, 3.05) is 0 Å². The molecule has 1 heterocycles. The van der Waals surface area contributed by atoms with Crippen molar-refractivity contribution in [2.45, 2.75) is 19.4 Å². The second-order valence-electron chi connectivity index (χ2n) is 3.98. The lowest BCUT2D eigenvalue weighted by atomic mass is 9.94. The molecule has 17 heavy (non-hydrogen) atoms. The van der Waals surface area contributed by atoms with E-state index >= 15 is 0 Å². The van der Waals surface area contributed by atoms with Crippen molar-refractivity contribution in [3.8, 4) is 0 Å². The zero-order valence-electron chi connectivity index (χ0n) is 9.46. The van der Waals surface area contributed by atoms with E-state index in [1.54, 1.807) is 6.20 Å². The Morgan fingerprint density at radius 3 is 2.71 bits per heavy atom. The highest BCUT2D eigenvalue weighted by atomic mass is 16.4. The zero-order chi connectivity index (χ0) is 12.4. The average Bonchev–Trinajstić information content (AvgIpc) is 2.28. The number of nitrogens with zero attached hydrogens (tertiary/aromatic N) is 1. The van der Waals surface area contributed by atoms with E-state index in [4.69, 9.17) is 5.11 Å². The Morgan fingerprint density at radius 2 is 2.06 bits per heavy atom. The summed E-state index contributed by atoms with van der Waals surface area (Å²) in [5.41, 5.74) is 1.85. The first-order valence-corrected chi connectivity index (χ1v) is 5.37. The molecule has 0 fully saturated rings. The predicted octanol–water partition coefficient (Wildman–Crippen LogP) is 2.04. The molecule has 0 saturated heterocycles. The van der Waals surface area contributed by atoms with Crippen LogP contribution in [-0.2, 0) is 9.59 Å². The van der Waals surface area contributed by atoms with Gasteiger partial charge in [0, 0.05) is 13.1 Å². The van der Waals surface area contributed by atoms with E-state index in [0.717, 1.165) is 11.1 Å². The number of carboxylic acid groups (broad SMARTS) is 1. The molecule has 0 aromatic heterocycles. The van der Waals surface area contributed by atoms with Crippen molar-refractivity contribution in [2.24, 2.45) is 0 Å². The normalized spacial score (nSPS) is 17.7. The van der Waals surface area contributed by atoms with Crippen LogP contribution in [-0.4, -0.2) is 21.9 Å². The maximum absolute atomic E-state index is 11.5. The topological polar surface area (TPSA) is 57.6 Å². The molecule has 0 radical (unpaired) electrons. The summed E-state index contributed by atoms with van der Waals surface area (Å²) in [7, 11) is 0. The molecule has 4 heteroatoms. The van der Waals surface area contributed by atoms with Crippen LogP contribution in [0.25, 0.3) is 6.08 Å². The fourth-order valence-electron chi connectivity index (χ4n) is 2.08. The van der Waals surface area contributed by atoms with Gasteiger partial charge in [0.25, 0.3) is 0 Å². The van der Waals surface area contributed by atoms with Crippen LogP contribution in [0.4, 0.5) is 0 Å².